The molecule has 150 valence electrons. The van der Waals surface area contributed by atoms with E-state index in [1.165, 1.54) is 28.3 Å². The number of para-hydroxylation sites is 1. The second-order valence-electron chi connectivity index (χ2n) is 7.84. The highest BCUT2D eigenvalue weighted by atomic mass is 32.2. The quantitative estimate of drug-likeness (QED) is 0.619. The van der Waals surface area contributed by atoms with Gasteiger partial charge in [0.25, 0.3) is 0 Å². The first-order valence-corrected chi connectivity index (χ1v) is 11.3. The van der Waals surface area contributed by atoms with E-state index in [-0.39, 0.29) is 5.91 Å². The van der Waals surface area contributed by atoms with E-state index in [1.54, 1.807) is 4.90 Å². The maximum atomic E-state index is 12.4. The van der Waals surface area contributed by atoms with Crippen LogP contribution in [0.1, 0.15) is 24.0 Å². The Kier molecular flexibility index (Phi) is 6.47. The number of carbonyl (C=O) groups excluding carboxylic acids is 1. The molecule has 29 heavy (non-hydrogen) atoms. The predicted molar refractivity (Wildman–Crippen MR) is 119 cm³/mol. The first-order chi connectivity index (χ1) is 14.2. The normalized spacial score (nSPS) is 19.2. The highest BCUT2D eigenvalue weighted by Crippen LogP contribution is 2.23. The highest BCUT2D eigenvalue weighted by Gasteiger charge is 2.23. The van der Waals surface area contributed by atoms with Gasteiger partial charge in [0.1, 0.15) is 6.54 Å². The van der Waals surface area contributed by atoms with Gasteiger partial charge in [0, 0.05) is 29.8 Å². The van der Waals surface area contributed by atoms with Crippen molar-refractivity contribution in [2.45, 2.75) is 37.4 Å². The summed E-state index contributed by atoms with van der Waals surface area (Å²) in [6.07, 6.45) is 2.10. The number of hydrogen-bond donors (Lipinski definition) is 2. The lowest BCUT2D eigenvalue weighted by Gasteiger charge is -2.29. The summed E-state index contributed by atoms with van der Waals surface area (Å²) in [6.45, 7) is 5.39. The van der Waals surface area contributed by atoms with E-state index in [0.717, 1.165) is 43.0 Å². The minimum absolute atomic E-state index is 0.110. The molecular weight excluding hydrogens is 378 g/mol. The van der Waals surface area contributed by atoms with Crippen LogP contribution in [0.15, 0.2) is 65.7 Å². The Hall–Kier alpha value is -2.37. The van der Waals surface area contributed by atoms with Gasteiger partial charge in [-0.1, -0.05) is 60.3 Å². The second kappa shape index (κ2) is 9.42. The fraction of sp³-hybridized carbons (Fsp3) is 0.333. The summed E-state index contributed by atoms with van der Waals surface area (Å²) in [5.41, 5.74) is 3.58. The number of aromatic nitrogens is 1. The number of aryl methyl sites for hydroxylation is 1. The molecule has 1 aromatic heterocycles. The van der Waals surface area contributed by atoms with Gasteiger partial charge in [0.2, 0.25) is 5.91 Å². The number of nitrogens with zero attached hydrogens (tertiary/aromatic N) is 1. The van der Waals surface area contributed by atoms with E-state index in [1.807, 2.05) is 18.2 Å². The minimum Gasteiger partial charge on any atom is -0.352 e. The van der Waals surface area contributed by atoms with Crippen LogP contribution in [0.3, 0.4) is 0 Å². The number of quaternary nitrogens is 1. The van der Waals surface area contributed by atoms with Crippen molar-refractivity contribution < 1.29 is 9.69 Å². The summed E-state index contributed by atoms with van der Waals surface area (Å²) in [4.78, 5) is 18.7. The number of likely N-dealkylation sites (tertiary alicyclic amines) is 1. The first kappa shape index (κ1) is 19.9. The van der Waals surface area contributed by atoms with Crippen molar-refractivity contribution in [1.29, 1.82) is 0 Å². The van der Waals surface area contributed by atoms with Gasteiger partial charge in [-0.3, -0.25) is 4.79 Å². The van der Waals surface area contributed by atoms with Crippen LogP contribution in [0.5, 0.6) is 0 Å². The topological polar surface area (TPSA) is 46.4 Å². The average Bonchev–Trinajstić information content (AvgIpc) is 2.74. The molecule has 0 radical (unpaired) electrons. The van der Waals surface area contributed by atoms with Crippen molar-refractivity contribution in [3.8, 4) is 0 Å². The van der Waals surface area contributed by atoms with Crippen LogP contribution in [-0.4, -0.2) is 35.8 Å². The fourth-order valence-corrected chi connectivity index (χ4v) is 4.82. The standard InChI is InChI=1S/C24H27N3OS/c1-18-15-24(26-22-10-6-5-9-21(18)22)29-17-23(28)25-20-11-13-27(14-12-20)16-19-7-3-2-4-8-19/h2-10,15,20H,11-14,16-17H2,1H3,(H,25,28)/p+1. The van der Waals surface area contributed by atoms with E-state index in [2.05, 4.69) is 59.7 Å². The molecule has 3 aromatic rings. The molecule has 0 atom stereocenters. The van der Waals surface area contributed by atoms with Crippen molar-refractivity contribution in [3.63, 3.8) is 0 Å². The molecule has 4 nitrogen and oxygen atoms in total. The molecule has 2 heterocycles. The molecule has 1 aliphatic rings. The van der Waals surface area contributed by atoms with Crippen LogP contribution >= 0.6 is 11.8 Å². The number of thioether (sulfide) groups is 1. The van der Waals surface area contributed by atoms with Gasteiger partial charge in [0.05, 0.1) is 29.4 Å². The van der Waals surface area contributed by atoms with E-state index in [0.29, 0.717) is 11.8 Å². The summed E-state index contributed by atoms with van der Waals surface area (Å²) in [5.74, 6) is 0.529. The fourth-order valence-electron chi connectivity index (χ4n) is 4.03. The lowest BCUT2D eigenvalue weighted by atomic mass is 10.0. The van der Waals surface area contributed by atoms with Gasteiger partial charge in [0.15, 0.2) is 0 Å². The Bertz CT molecular complexity index is 968. The van der Waals surface area contributed by atoms with Gasteiger partial charge in [-0.05, 0) is 24.6 Å². The zero-order valence-corrected chi connectivity index (χ0v) is 17.7. The Morgan fingerprint density at radius 1 is 1.10 bits per heavy atom. The molecule has 1 amide bonds. The van der Waals surface area contributed by atoms with E-state index in [9.17, 15) is 4.79 Å². The van der Waals surface area contributed by atoms with Crippen LogP contribution < -0.4 is 10.2 Å². The predicted octanol–water partition coefficient (Wildman–Crippen LogP) is 3.00. The average molecular weight is 407 g/mol. The van der Waals surface area contributed by atoms with Crippen molar-refractivity contribution in [2.24, 2.45) is 0 Å². The number of hydrogen-bond acceptors (Lipinski definition) is 3. The van der Waals surface area contributed by atoms with E-state index in [4.69, 9.17) is 0 Å². The molecule has 0 aliphatic carbocycles. The SMILES string of the molecule is Cc1cc(SCC(=O)NC2CC[NH+](Cc3ccccc3)CC2)nc2ccccc12. The zero-order chi connectivity index (χ0) is 20.1. The molecule has 0 saturated carbocycles. The Morgan fingerprint density at radius 3 is 2.62 bits per heavy atom. The van der Waals surface area contributed by atoms with E-state index >= 15 is 0 Å². The largest absolute Gasteiger partial charge is 0.352 e. The third-order valence-corrected chi connectivity index (χ3v) is 6.52. The first-order valence-electron chi connectivity index (χ1n) is 10.3. The van der Waals surface area contributed by atoms with Gasteiger partial charge in [-0.2, -0.15) is 0 Å². The number of nitrogens with one attached hydrogen (secondary N) is 2. The summed E-state index contributed by atoms with van der Waals surface area (Å²) < 4.78 is 0. The van der Waals surface area contributed by atoms with Crippen molar-refractivity contribution >= 4 is 28.6 Å². The van der Waals surface area contributed by atoms with Gasteiger partial charge in [-0.15, -0.1) is 0 Å². The monoisotopic (exact) mass is 406 g/mol. The summed E-state index contributed by atoms with van der Waals surface area (Å²) >= 11 is 1.52. The minimum atomic E-state index is 0.110. The second-order valence-corrected chi connectivity index (χ2v) is 8.83. The molecule has 1 saturated heterocycles. The Balaban J connectivity index is 1.23. The molecule has 0 bridgehead atoms. The van der Waals surface area contributed by atoms with Crippen LogP contribution in [0.4, 0.5) is 0 Å². The van der Waals surface area contributed by atoms with Crippen LogP contribution in [0.25, 0.3) is 10.9 Å². The van der Waals surface area contributed by atoms with Crippen LogP contribution in [0, 0.1) is 6.92 Å². The molecule has 1 fully saturated rings. The third-order valence-electron chi connectivity index (χ3n) is 5.61. The van der Waals surface area contributed by atoms with Gasteiger partial charge < -0.3 is 10.2 Å². The molecule has 0 spiro atoms. The summed E-state index contributed by atoms with van der Waals surface area (Å²) in [7, 11) is 0. The number of rotatable bonds is 6. The third kappa shape index (κ3) is 5.37. The molecule has 2 aromatic carbocycles. The number of amides is 1. The van der Waals surface area contributed by atoms with Gasteiger partial charge >= 0.3 is 0 Å². The molecule has 1 aliphatic heterocycles. The smallest absolute Gasteiger partial charge is 0.230 e. The van der Waals surface area contributed by atoms with Crippen molar-refractivity contribution in [1.82, 2.24) is 10.3 Å². The lowest BCUT2D eigenvalue weighted by Crippen LogP contribution is -3.12. The summed E-state index contributed by atoms with van der Waals surface area (Å²) in [6, 6.07) is 21.2. The molecule has 5 heteroatoms. The van der Waals surface area contributed by atoms with E-state index < -0.39 is 0 Å². The molecule has 4 rings (SSSR count). The van der Waals surface area contributed by atoms with Crippen molar-refractivity contribution in [2.75, 3.05) is 18.8 Å². The molecule has 2 N–H and O–H groups in total. The lowest BCUT2D eigenvalue weighted by molar-refractivity contribution is -0.918. The Labute approximate surface area is 176 Å². The highest BCUT2D eigenvalue weighted by molar-refractivity contribution is 7.99. The maximum absolute atomic E-state index is 12.4. The number of piperidine rings is 1. The molecular formula is C24H28N3OS+. The molecule has 0 unspecified atom stereocenters. The zero-order valence-electron chi connectivity index (χ0n) is 16.9. The van der Waals surface area contributed by atoms with Crippen LogP contribution in [0.2, 0.25) is 0 Å². The van der Waals surface area contributed by atoms with Crippen LogP contribution in [-0.2, 0) is 11.3 Å². The summed E-state index contributed by atoms with van der Waals surface area (Å²) in [5, 5.41) is 5.31. The van der Waals surface area contributed by atoms with Crippen molar-refractivity contribution in [3.05, 3.63) is 71.8 Å². The number of fused-ring (bicyclic) bond motifs is 1. The number of benzene rings is 2. The Morgan fingerprint density at radius 2 is 1.83 bits per heavy atom. The number of carbonyl (C=O) groups is 1. The number of pyridine rings is 1. The van der Waals surface area contributed by atoms with Gasteiger partial charge in [-0.25, -0.2) is 4.98 Å². The maximum Gasteiger partial charge on any atom is 0.230 e.